The van der Waals surface area contributed by atoms with E-state index in [1.165, 1.54) is 12.3 Å². The molecule has 1 aliphatic rings. The molecule has 0 saturated carbocycles. The van der Waals surface area contributed by atoms with E-state index in [9.17, 15) is 9.59 Å². The van der Waals surface area contributed by atoms with Crippen LogP contribution in [0.5, 0.6) is 0 Å². The maximum absolute atomic E-state index is 12.1. The molecule has 2 N–H and O–H groups in total. The smallest absolute Gasteiger partial charge is 0.314 e. The number of hydrogen-bond donors (Lipinski definition) is 2. The van der Waals surface area contributed by atoms with Gasteiger partial charge in [0.2, 0.25) is 0 Å². The first-order valence-electron chi connectivity index (χ1n) is 8.07. The standard InChI is InChI=1S/C16H21N5O4/c1-20-5-2-3-12(20)13(21-6-9-24-10-7-21)11-17-15(22)16(23)18-14-4-8-25-19-14/h2-5,8,13H,6-7,9-11H2,1H3,(H,17,22)(H,18,19,23)/t13-/m0/s1. The zero-order valence-electron chi connectivity index (χ0n) is 14.0. The summed E-state index contributed by atoms with van der Waals surface area (Å²) in [6, 6.07) is 5.41. The number of ether oxygens (including phenoxy) is 1. The van der Waals surface area contributed by atoms with E-state index in [1.807, 2.05) is 29.9 Å². The summed E-state index contributed by atoms with van der Waals surface area (Å²) < 4.78 is 12.0. The van der Waals surface area contributed by atoms with Gasteiger partial charge in [-0.05, 0) is 12.1 Å². The highest BCUT2D eigenvalue weighted by molar-refractivity contribution is 6.39. The predicted molar refractivity (Wildman–Crippen MR) is 88.7 cm³/mol. The molecule has 9 nitrogen and oxygen atoms in total. The molecule has 2 amide bonds. The van der Waals surface area contributed by atoms with Gasteiger partial charge in [0.25, 0.3) is 0 Å². The fourth-order valence-electron chi connectivity index (χ4n) is 2.85. The van der Waals surface area contributed by atoms with E-state index < -0.39 is 11.8 Å². The van der Waals surface area contributed by atoms with Gasteiger partial charge in [0.15, 0.2) is 5.82 Å². The lowest BCUT2D eigenvalue weighted by Gasteiger charge is -2.34. The highest BCUT2D eigenvalue weighted by atomic mass is 16.5. The van der Waals surface area contributed by atoms with Gasteiger partial charge < -0.3 is 19.1 Å². The fourth-order valence-corrected chi connectivity index (χ4v) is 2.85. The SMILES string of the molecule is Cn1cccc1[C@H](CNC(=O)C(=O)Nc1ccon1)N1CCOCC1. The number of carbonyl (C=O) groups is 2. The van der Waals surface area contributed by atoms with Crippen LogP contribution in [-0.4, -0.2) is 59.3 Å². The third kappa shape index (κ3) is 4.25. The number of rotatable bonds is 5. The summed E-state index contributed by atoms with van der Waals surface area (Å²) in [5, 5.41) is 8.63. The fraction of sp³-hybridized carbons (Fsp3) is 0.438. The van der Waals surface area contributed by atoms with Gasteiger partial charge in [0.1, 0.15) is 6.26 Å². The zero-order chi connectivity index (χ0) is 17.6. The van der Waals surface area contributed by atoms with Crippen LogP contribution < -0.4 is 10.6 Å². The molecule has 25 heavy (non-hydrogen) atoms. The number of aromatic nitrogens is 2. The molecule has 3 heterocycles. The Balaban J connectivity index is 1.62. The number of aryl methyl sites for hydroxylation is 1. The van der Waals surface area contributed by atoms with Crippen LogP contribution in [0, 0.1) is 0 Å². The topological polar surface area (TPSA) is 102 Å². The molecule has 134 valence electrons. The Kier molecular flexibility index (Phi) is 5.46. The van der Waals surface area contributed by atoms with Crippen LogP contribution in [-0.2, 0) is 21.4 Å². The summed E-state index contributed by atoms with van der Waals surface area (Å²) in [6.07, 6.45) is 3.28. The summed E-state index contributed by atoms with van der Waals surface area (Å²) in [5.41, 5.74) is 1.07. The van der Waals surface area contributed by atoms with Crippen LogP contribution in [0.25, 0.3) is 0 Å². The molecule has 0 aromatic carbocycles. The Morgan fingerprint density at radius 1 is 1.28 bits per heavy atom. The summed E-state index contributed by atoms with van der Waals surface area (Å²) in [6.45, 7) is 3.18. The van der Waals surface area contributed by atoms with Crippen molar-refractivity contribution in [3.63, 3.8) is 0 Å². The molecule has 3 rings (SSSR count). The summed E-state index contributed by atoms with van der Waals surface area (Å²) >= 11 is 0. The van der Waals surface area contributed by atoms with Gasteiger partial charge in [-0.3, -0.25) is 19.8 Å². The van der Waals surface area contributed by atoms with Crippen molar-refractivity contribution in [2.45, 2.75) is 6.04 Å². The summed E-state index contributed by atoms with van der Waals surface area (Å²) in [5.74, 6) is -1.29. The van der Waals surface area contributed by atoms with Crippen molar-refractivity contribution in [1.29, 1.82) is 0 Å². The van der Waals surface area contributed by atoms with Gasteiger partial charge in [-0.1, -0.05) is 5.16 Å². The maximum Gasteiger partial charge on any atom is 0.314 e. The molecule has 1 atom stereocenters. The van der Waals surface area contributed by atoms with Crippen LogP contribution in [0.4, 0.5) is 5.82 Å². The lowest BCUT2D eigenvalue weighted by Crippen LogP contribution is -2.46. The Bertz CT molecular complexity index is 706. The zero-order valence-corrected chi connectivity index (χ0v) is 14.0. The van der Waals surface area contributed by atoms with Gasteiger partial charge in [0.05, 0.1) is 19.3 Å². The largest absolute Gasteiger partial charge is 0.379 e. The van der Waals surface area contributed by atoms with E-state index in [0.717, 1.165) is 18.8 Å². The predicted octanol–water partition coefficient (Wildman–Crippen LogP) is 0.141. The molecule has 2 aromatic heterocycles. The highest BCUT2D eigenvalue weighted by Gasteiger charge is 2.26. The second-order valence-corrected chi connectivity index (χ2v) is 5.76. The Labute approximate surface area is 144 Å². The van der Waals surface area contributed by atoms with Crippen molar-refractivity contribution in [2.24, 2.45) is 7.05 Å². The normalized spacial score (nSPS) is 16.4. The molecule has 2 aromatic rings. The van der Waals surface area contributed by atoms with E-state index in [0.29, 0.717) is 19.8 Å². The Morgan fingerprint density at radius 2 is 2.08 bits per heavy atom. The molecule has 9 heteroatoms. The second kappa shape index (κ2) is 7.95. The first-order chi connectivity index (χ1) is 12.1. The first-order valence-corrected chi connectivity index (χ1v) is 8.07. The molecular formula is C16H21N5O4. The van der Waals surface area contributed by atoms with E-state index in [-0.39, 0.29) is 11.9 Å². The molecular weight excluding hydrogens is 326 g/mol. The first kappa shape index (κ1) is 17.2. The second-order valence-electron chi connectivity index (χ2n) is 5.76. The minimum absolute atomic E-state index is 0.0345. The monoisotopic (exact) mass is 347 g/mol. The summed E-state index contributed by atoms with van der Waals surface area (Å²) in [4.78, 5) is 26.2. The number of morpholine rings is 1. The number of carbonyl (C=O) groups excluding carboxylic acids is 2. The third-order valence-corrected chi connectivity index (χ3v) is 4.15. The van der Waals surface area contributed by atoms with Crippen molar-refractivity contribution in [3.8, 4) is 0 Å². The molecule has 0 spiro atoms. The quantitative estimate of drug-likeness (QED) is 0.746. The molecule has 0 bridgehead atoms. The lowest BCUT2D eigenvalue weighted by molar-refractivity contribution is -0.136. The van der Waals surface area contributed by atoms with Gasteiger partial charge in [0, 0.05) is 44.6 Å². The number of amides is 2. The number of hydrogen-bond acceptors (Lipinski definition) is 6. The van der Waals surface area contributed by atoms with Gasteiger partial charge in [-0.2, -0.15) is 0 Å². The molecule has 1 fully saturated rings. The number of anilines is 1. The van der Waals surface area contributed by atoms with Crippen LogP contribution in [0.15, 0.2) is 35.2 Å². The minimum atomic E-state index is -0.776. The van der Waals surface area contributed by atoms with Gasteiger partial charge in [-0.25, -0.2) is 0 Å². The van der Waals surface area contributed by atoms with E-state index in [2.05, 4.69) is 25.2 Å². The lowest BCUT2D eigenvalue weighted by atomic mass is 10.1. The van der Waals surface area contributed by atoms with Crippen molar-refractivity contribution < 1.29 is 18.8 Å². The molecule has 1 saturated heterocycles. The molecule has 0 aliphatic carbocycles. The number of nitrogens with one attached hydrogen (secondary N) is 2. The van der Waals surface area contributed by atoms with Crippen LogP contribution >= 0.6 is 0 Å². The van der Waals surface area contributed by atoms with Crippen molar-refractivity contribution in [2.75, 3.05) is 38.2 Å². The van der Waals surface area contributed by atoms with E-state index in [1.54, 1.807) is 0 Å². The van der Waals surface area contributed by atoms with Crippen molar-refractivity contribution >= 4 is 17.6 Å². The molecule has 1 aliphatic heterocycles. The maximum atomic E-state index is 12.1. The summed E-state index contributed by atoms with van der Waals surface area (Å²) in [7, 11) is 1.96. The minimum Gasteiger partial charge on any atom is -0.379 e. The van der Waals surface area contributed by atoms with Crippen molar-refractivity contribution in [1.82, 2.24) is 19.9 Å². The average Bonchev–Trinajstić information content (AvgIpc) is 3.28. The average molecular weight is 347 g/mol. The highest BCUT2D eigenvalue weighted by Crippen LogP contribution is 2.21. The molecule has 0 radical (unpaired) electrons. The van der Waals surface area contributed by atoms with Gasteiger partial charge in [-0.15, -0.1) is 0 Å². The Hall–Kier alpha value is -2.65. The van der Waals surface area contributed by atoms with E-state index >= 15 is 0 Å². The van der Waals surface area contributed by atoms with Crippen LogP contribution in [0.1, 0.15) is 11.7 Å². The number of nitrogens with zero attached hydrogens (tertiary/aromatic N) is 3. The molecule has 0 unspecified atom stereocenters. The van der Waals surface area contributed by atoms with Crippen molar-refractivity contribution in [3.05, 3.63) is 36.4 Å². The Morgan fingerprint density at radius 3 is 2.72 bits per heavy atom. The van der Waals surface area contributed by atoms with Gasteiger partial charge >= 0.3 is 11.8 Å². The third-order valence-electron chi connectivity index (χ3n) is 4.15. The van der Waals surface area contributed by atoms with Crippen LogP contribution in [0.3, 0.4) is 0 Å². The van der Waals surface area contributed by atoms with E-state index in [4.69, 9.17) is 4.74 Å². The van der Waals surface area contributed by atoms with Crippen LogP contribution in [0.2, 0.25) is 0 Å².